The van der Waals surface area contributed by atoms with Gasteiger partial charge in [-0.15, -0.1) is 0 Å². The zero-order valence-electron chi connectivity index (χ0n) is 17.8. The van der Waals surface area contributed by atoms with Crippen LogP contribution >= 0.6 is 22.6 Å². The van der Waals surface area contributed by atoms with Crippen LogP contribution in [0, 0.1) is 3.57 Å². The van der Waals surface area contributed by atoms with E-state index in [2.05, 4.69) is 34.0 Å². The van der Waals surface area contributed by atoms with Crippen molar-refractivity contribution in [2.45, 2.75) is 13.2 Å². The molecule has 1 N–H and O–H groups in total. The van der Waals surface area contributed by atoms with Crippen molar-refractivity contribution < 1.29 is 14.2 Å². The van der Waals surface area contributed by atoms with Gasteiger partial charge in [-0.1, -0.05) is 48.5 Å². The van der Waals surface area contributed by atoms with E-state index >= 15 is 0 Å². The van der Waals surface area contributed by atoms with Crippen LogP contribution in [0.1, 0.15) is 11.1 Å². The lowest BCUT2D eigenvalue weighted by molar-refractivity contribution is 0.282. The quantitative estimate of drug-likeness (QED) is 0.228. The molecule has 0 bridgehead atoms. The molecule has 5 heteroatoms. The van der Waals surface area contributed by atoms with Crippen LogP contribution in [0.4, 0.5) is 5.69 Å². The molecule has 0 amide bonds. The Hall–Kier alpha value is -3.19. The lowest BCUT2D eigenvalue weighted by Gasteiger charge is -2.15. The smallest absolute Gasteiger partial charge is 0.174 e. The SMILES string of the molecule is COc1cc(CNc2ccc(Oc3ccccc3)cc2)cc(I)c1OCc1ccccc1. The number of anilines is 1. The van der Waals surface area contributed by atoms with Crippen LogP contribution in [0.25, 0.3) is 0 Å². The van der Waals surface area contributed by atoms with Gasteiger partial charge in [-0.2, -0.15) is 0 Å². The molecule has 32 heavy (non-hydrogen) atoms. The van der Waals surface area contributed by atoms with Gasteiger partial charge < -0.3 is 19.5 Å². The summed E-state index contributed by atoms with van der Waals surface area (Å²) in [4.78, 5) is 0. The number of methoxy groups -OCH3 is 1. The van der Waals surface area contributed by atoms with E-state index in [1.807, 2.05) is 91.0 Å². The molecule has 162 valence electrons. The Bertz CT molecular complexity index is 1130. The third kappa shape index (κ3) is 5.95. The number of ether oxygens (including phenoxy) is 3. The molecule has 4 rings (SSSR count). The second-order valence-corrected chi connectivity index (χ2v) is 8.34. The summed E-state index contributed by atoms with van der Waals surface area (Å²) in [6.07, 6.45) is 0. The molecular weight excluding hydrogens is 513 g/mol. The predicted octanol–water partition coefficient (Wildman–Crippen LogP) is 7.28. The molecule has 0 aliphatic heterocycles. The summed E-state index contributed by atoms with van der Waals surface area (Å²) in [7, 11) is 1.67. The number of hydrogen-bond donors (Lipinski definition) is 1. The third-order valence-electron chi connectivity index (χ3n) is 4.85. The van der Waals surface area contributed by atoms with Crippen LogP contribution in [0.2, 0.25) is 0 Å². The van der Waals surface area contributed by atoms with Crippen LogP contribution in [0.5, 0.6) is 23.0 Å². The van der Waals surface area contributed by atoms with Crippen molar-refractivity contribution in [2.24, 2.45) is 0 Å². The van der Waals surface area contributed by atoms with E-state index in [-0.39, 0.29) is 0 Å². The molecule has 0 aromatic heterocycles. The van der Waals surface area contributed by atoms with Gasteiger partial charge in [-0.05, 0) is 82.2 Å². The fraction of sp³-hybridized carbons (Fsp3) is 0.111. The second-order valence-electron chi connectivity index (χ2n) is 7.18. The Morgan fingerprint density at radius 3 is 2.09 bits per heavy atom. The van der Waals surface area contributed by atoms with Crippen molar-refractivity contribution >= 4 is 28.3 Å². The number of nitrogens with one attached hydrogen (secondary N) is 1. The first kappa shape index (κ1) is 22.0. The van der Waals surface area contributed by atoms with Gasteiger partial charge >= 0.3 is 0 Å². The maximum atomic E-state index is 6.06. The molecule has 0 fully saturated rings. The highest BCUT2D eigenvalue weighted by atomic mass is 127. The van der Waals surface area contributed by atoms with Crippen LogP contribution in [0.3, 0.4) is 0 Å². The summed E-state index contributed by atoms with van der Waals surface area (Å²) in [5.41, 5.74) is 3.25. The lowest BCUT2D eigenvalue weighted by Crippen LogP contribution is -2.03. The monoisotopic (exact) mass is 537 g/mol. The number of benzene rings is 4. The predicted molar refractivity (Wildman–Crippen MR) is 137 cm³/mol. The highest BCUT2D eigenvalue weighted by molar-refractivity contribution is 14.1. The van der Waals surface area contributed by atoms with E-state index in [1.54, 1.807) is 7.11 Å². The Labute approximate surface area is 202 Å². The van der Waals surface area contributed by atoms with Gasteiger partial charge in [0.2, 0.25) is 0 Å². The van der Waals surface area contributed by atoms with Crippen molar-refractivity contribution in [3.05, 3.63) is 112 Å². The minimum absolute atomic E-state index is 0.502. The van der Waals surface area contributed by atoms with E-state index in [0.29, 0.717) is 13.2 Å². The van der Waals surface area contributed by atoms with Gasteiger partial charge in [0.15, 0.2) is 11.5 Å². The minimum atomic E-state index is 0.502. The van der Waals surface area contributed by atoms with Gasteiger partial charge in [0.25, 0.3) is 0 Å². The van der Waals surface area contributed by atoms with Crippen LogP contribution in [0.15, 0.2) is 97.1 Å². The van der Waals surface area contributed by atoms with E-state index in [0.717, 1.165) is 43.4 Å². The molecule has 4 nitrogen and oxygen atoms in total. The second kappa shape index (κ2) is 10.9. The maximum absolute atomic E-state index is 6.06. The number of hydrogen-bond acceptors (Lipinski definition) is 4. The molecule has 0 unspecified atom stereocenters. The van der Waals surface area contributed by atoms with Crippen LogP contribution < -0.4 is 19.5 Å². The molecule has 0 saturated carbocycles. The first-order chi connectivity index (χ1) is 15.7. The summed E-state index contributed by atoms with van der Waals surface area (Å²) in [5, 5.41) is 3.45. The van der Waals surface area contributed by atoms with Gasteiger partial charge in [-0.25, -0.2) is 0 Å². The fourth-order valence-corrected chi connectivity index (χ4v) is 4.04. The van der Waals surface area contributed by atoms with Gasteiger partial charge in [0, 0.05) is 12.2 Å². The fourth-order valence-electron chi connectivity index (χ4n) is 3.21. The topological polar surface area (TPSA) is 39.7 Å². The number of rotatable bonds is 9. The average Bonchev–Trinajstić information content (AvgIpc) is 2.84. The molecule has 0 aliphatic rings. The van der Waals surface area contributed by atoms with Crippen molar-refractivity contribution in [1.29, 1.82) is 0 Å². The molecule has 0 saturated heterocycles. The first-order valence-electron chi connectivity index (χ1n) is 10.3. The van der Waals surface area contributed by atoms with E-state index in [9.17, 15) is 0 Å². The highest BCUT2D eigenvalue weighted by Crippen LogP contribution is 2.35. The van der Waals surface area contributed by atoms with Gasteiger partial charge in [-0.3, -0.25) is 0 Å². The summed E-state index contributed by atoms with van der Waals surface area (Å²) in [6.45, 7) is 1.17. The molecule has 4 aromatic carbocycles. The van der Waals surface area contributed by atoms with Crippen molar-refractivity contribution in [3.63, 3.8) is 0 Å². The molecular formula is C27H24INO3. The molecule has 0 heterocycles. The van der Waals surface area contributed by atoms with E-state index < -0.39 is 0 Å². The first-order valence-corrected chi connectivity index (χ1v) is 11.4. The summed E-state index contributed by atoms with van der Waals surface area (Å²) in [6, 6.07) is 32.0. The Balaban J connectivity index is 1.38. The zero-order valence-corrected chi connectivity index (χ0v) is 19.9. The zero-order chi connectivity index (χ0) is 22.2. The average molecular weight is 537 g/mol. The van der Waals surface area contributed by atoms with Crippen molar-refractivity contribution in [3.8, 4) is 23.0 Å². The standard InChI is InChI=1S/C27H24INO3/c1-30-26-17-21(16-25(28)27(26)31-19-20-8-4-2-5-9-20)18-29-22-12-14-24(15-13-22)32-23-10-6-3-7-11-23/h2-17,29H,18-19H2,1H3. The largest absolute Gasteiger partial charge is 0.493 e. The Kier molecular flexibility index (Phi) is 7.51. The molecule has 0 spiro atoms. The molecule has 0 atom stereocenters. The third-order valence-corrected chi connectivity index (χ3v) is 5.65. The maximum Gasteiger partial charge on any atom is 0.174 e. The van der Waals surface area contributed by atoms with Gasteiger partial charge in [0.1, 0.15) is 18.1 Å². The van der Waals surface area contributed by atoms with E-state index in [4.69, 9.17) is 14.2 Å². The van der Waals surface area contributed by atoms with Crippen molar-refractivity contribution in [1.82, 2.24) is 0 Å². The Morgan fingerprint density at radius 2 is 1.41 bits per heavy atom. The van der Waals surface area contributed by atoms with Gasteiger partial charge in [0.05, 0.1) is 10.7 Å². The summed E-state index contributed by atoms with van der Waals surface area (Å²) >= 11 is 2.30. The number of para-hydroxylation sites is 1. The summed E-state index contributed by atoms with van der Waals surface area (Å²) in [5.74, 6) is 3.13. The summed E-state index contributed by atoms with van der Waals surface area (Å²) < 4.78 is 18.5. The highest BCUT2D eigenvalue weighted by Gasteiger charge is 2.12. The van der Waals surface area contributed by atoms with Crippen molar-refractivity contribution in [2.75, 3.05) is 12.4 Å². The Morgan fingerprint density at radius 1 is 0.750 bits per heavy atom. The minimum Gasteiger partial charge on any atom is -0.493 e. The normalized spacial score (nSPS) is 10.4. The molecule has 0 radical (unpaired) electrons. The molecule has 0 aliphatic carbocycles. The van der Waals surface area contributed by atoms with Crippen LogP contribution in [-0.4, -0.2) is 7.11 Å². The van der Waals surface area contributed by atoms with E-state index in [1.165, 1.54) is 0 Å². The lowest BCUT2D eigenvalue weighted by atomic mass is 10.2. The molecule has 4 aromatic rings. The van der Waals surface area contributed by atoms with Crippen LogP contribution in [-0.2, 0) is 13.2 Å². The number of halogens is 1.